The van der Waals surface area contributed by atoms with E-state index in [0.717, 1.165) is 21.8 Å². The molecule has 0 aliphatic heterocycles. The summed E-state index contributed by atoms with van der Waals surface area (Å²) >= 11 is 1.67. The molecule has 156 valence electrons. The van der Waals surface area contributed by atoms with Crippen LogP contribution in [0.15, 0.2) is 82.6 Å². The number of carbonyl (C=O) groups is 1. The molecular formula is C23H24N2O3S2. The summed E-state index contributed by atoms with van der Waals surface area (Å²) in [6.07, 6.45) is 0. The molecule has 0 aromatic heterocycles. The first-order valence-electron chi connectivity index (χ1n) is 9.51. The molecule has 0 unspecified atom stereocenters. The van der Waals surface area contributed by atoms with E-state index in [1.54, 1.807) is 54.2 Å². The number of hydrogen-bond donors (Lipinski definition) is 2. The molecule has 1 amide bonds. The molecule has 0 aliphatic rings. The largest absolute Gasteiger partial charge is 0.351 e. The van der Waals surface area contributed by atoms with Crippen molar-refractivity contribution in [2.24, 2.45) is 0 Å². The molecule has 30 heavy (non-hydrogen) atoms. The van der Waals surface area contributed by atoms with Gasteiger partial charge in [0.05, 0.1) is 4.90 Å². The number of sulfonamides is 1. The number of nitrogens with one attached hydrogen (secondary N) is 2. The fraction of sp³-hybridized carbons (Fsp3) is 0.174. The van der Waals surface area contributed by atoms with Gasteiger partial charge < -0.3 is 5.32 Å². The van der Waals surface area contributed by atoms with E-state index in [1.807, 2.05) is 44.2 Å². The number of aryl methyl sites for hydroxylation is 2. The van der Waals surface area contributed by atoms with Crippen LogP contribution in [0.1, 0.15) is 21.5 Å². The Kier molecular flexibility index (Phi) is 7.18. The first-order chi connectivity index (χ1) is 14.3. The molecule has 3 aromatic rings. The molecule has 0 bridgehead atoms. The van der Waals surface area contributed by atoms with Gasteiger partial charge in [0.1, 0.15) is 0 Å². The predicted molar refractivity (Wildman–Crippen MR) is 123 cm³/mol. The highest BCUT2D eigenvalue weighted by molar-refractivity contribution is 7.99. The van der Waals surface area contributed by atoms with Crippen LogP contribution in [0.4, 0.5) is 5.69 Å². The smallest absolute Gasteiger partial charge is 0.261 e. The van der Waals surface area contributed by atoms with Gasteiger partial charge in [-0.1, -0.05) is 24.3 Å². The normalized spacial score (nSPS) is 11.1. The number of benzene rings is 3. The summed E-state index contributed by atoms with van der Waals surface area (Å²) in [5.41, 5.74) is 2.83. The van der Waals surface area contributed by atoms with Crippen LogP contribution in [0, 0.1) is 13.8 Å². The second-order valence-electron chi connectivity index (χ2n) is 6.85. The molecule has 0 heterocycles. The molecule has 3 aromatic carbocycles. The Bertz CT molecular complexity index is 1110. The Morgan fingerprint density at radius 1 is 0.900 bits per heavy atom. The lowest BCUT2D eigenvalue weighted by Gasteiger charge is -2.10. The predicted octanol–water partition coefficient (Wildman–Crippen LogP) is 4.63. The molecule has 0 aliphatic carbocycles. The summed E-state index contributed by atoms with van der Waals surface area (Å²) in [6, 6.07) is 21.4. The minimum absolute atomic E-state index is 0.188. The molecule has 3 rings (SSSR count). The molecule has 0 fully saturated rings. The van der Waals surface area contributed by atoms with Crippen LogP contribution >= 0.6 is 11.8 Å². The second-order valence-corrected chi connectivity index (χ2v) is 9.70. The van der Waals surface area contributed by atoms with E-state index in [0.29, 0.717) is 17.8 Å². The van der Waals surface area contributed by atoms with Gasteiger partial charge in [-0.15, -0.1) is 11.8 Å². The quantitative estimate of drug-likeness (QED) is 0.396. The zero-order chi connectivity index (χ0) is 21.6. The van der Waals surface area contributed by atoms with Crippen molar-refractivity contribution in [2.75, 3.05) is 17.0 Å². The van der Waals surface area contributed by atoms with E-state index in [2.05, 4.69) is 10.0 Å². The van der Waals surface area contributed by atoms with Crippen LogP contribution in [0.3, 0.4) is 0 Å². The number of amides is 1. The zero-order valence-electron chi connectivity index (χ0n) is 16.9. The summed E-state index contributed by atoms with van der Waals surface area (Å²) in [5.74, 6) is 0.580. The van der Waals surface area contributed by atoms with Crippen molar-refractivity contribution >= 4 is 33.4 Å². The maximum absolute atomic E-state index is 12.6. The minimum atomic E-state index is -3.68. The minimum Gasteiger partial charge on any atom is -0.351 e. The van der Waals surface area contributed by atoms with Crippen molar-refractivity contribution in [1.82, 2.24) is 5.32 Å². The van der Waals surface area contributed by atoms with Crippen molar-refractivity contribution in [3.8, 4) is 0 Å². The summed E-state index contributed by atoms with van der Waals surface area (Å²) in [4.78, 5) is 13.7. The highest BCUT2D eigenvalue weighted by Gasteiger charge is 2.15. The third kappa shape index (κ3) is 5.87. The summed E-state index contributed by atoms with van der Waals surface area (Å²) in [7, 11) is -3.68. The van der Waals surface area contributed by atoms with Gasteiger partial charge >= 0.3 is 0 Å². The van der Waals surface area contributed by atoms with Gasteiger partial charge in [0, 0.05) is 28.4 Å². The van der Waals surface area contributed by atoms with E-state index in [1.165, 1.54) is 0 Å². The number of rotatable bonds is 8. The average molecular weight is 441 g/mol. The van der Waals surface area contributed by atoms with Gasteiger partial charge in [-0.3, -0.25) is 9.52 Å². The Morgan fingerprint density at radius 3 is 2.27 bits per heavy atom. The van der Waals surface area contributed by atoms with Crippen LogP contribution in [0.5, 0.6) is 0 Å². The fourth-order valence-corrected chi connectivity index (χ4v) is 4.67. The first-order valence-corrected chi connectivity index (χ1v) is 12.0. The van der Waals surface area contributed by atoms with Crippen molar-refractivity contribution in [2.45, 2.75) is 23.6 Å². The van der Waals surface area contributed by atoms with Gasteiger partial charge in [0.25, 0.3) is 15.9 Å². The molecule has 0 spiro atoms. The molecule has 2 N–H and O–H groups in total. The summed E-state index contributed by atoms with van der Waals surface area (Å²) in [6.45, 7) is 4.35. The lowest BCUT2D eigenvalue weighted by molar-refractivity contribution is 0.0956. The first kappa shape index (κ1) is 21.9. The lowest BCUT2D eigenvalue weighted by Crippen LogP contribution is -2.25. The van der Waals surface area contributed by atoms with E-state index < -0.39 is 10.0 Å². The number of thioether (sulfide) groups is 1. The third-order valence-corrected chi connectivity index (χ3v) is 6.98. The number of carbonyl (C=O) groups excluding carboxylic acids is 1. The van der Waals surface area contributed by atoms with Crippen LogP contribution in [0.2, 0.25) is 0 Å². The molecule has 0 radical (unpaired) electrons. The van der Waals surface area contributed by atoms with Gasteiger partial charge in [-0.2, -0.15) is 0 Å². The summed E-state index contributed by atoms with van der Waals surface area (Å²) < 4.78 is 27.7. The van der Waals surface area contributed by atoms with Crippen LogP contribution in [-0.4, -0.2) is 26.6 Å². The maximum atomic E-state index is 12.6. The van der Waals surface area contributed by atoms with Crippen LogP contribution in [0.25, 0.3) is 0 Å². The van der Waals surface area contributed by atoms with Crippen LogP contribution in [-0.2, 0) is 10.0 Å². The van der Waals surface area contributed by atoms with Gasteiger partial charge in [-0.05, 0) is 73.5 Å². The SMILES string of the molecule is Cc1ccc(S(=O)(=O)Nc2ccc(C(=O)NCCSc3ccccc3)cc2)cc1C. The molecule has 0 atom stereocenters. The topological polar surface area (TPSA) is 75.3 Å². The Hall–Kier alpha value is -2.77. The molecule has 5 nitrogen and oxygen atoms in total. The Labute approximate surface area is 182 Å². The Morgan fingerprint density at radius 2 is 1.60 bits per heavy atom. The molecule has 7 heteroatoms. The zero-order valence-corrected chi connectivity index (χ0v) is 18.5. The number of anilines is 1. The van der Waals surface area contributed by atoms with Gasteiger partial charge in [-0.25, -0.2) is 8.42 Å². The van der Waals surface area contributed by atoms with E-state index in [4.69, 9.17) is 0 Å². The molecule has 0 saturated carbocycles. The van der Waals surface area contributed by atoms with Crippen LogP contribution < -0.4 is 10.0 Å². The van der Waals surface area contributed by atoms with Crippen molar-refractivity contribution < 1.29 is 13.2 Å². The number of hydrogen-bond acceptors (Lipinski definition) is 4. The monoisotopic (exact) mass is 440 g/mol. The average Bonchev–Trinajstić information content (AvgIpc) is 2.74. The van der Waals surface area contributed by atoms with Crippen molar-refractivity contribution in [1.29, 1.82) is 0 Å². The van der Waals surface area contributed by atoms with Gasteiger partial charge in [0.15, 0.2) is 0 Å². The van der Waals surface area contributed by atoms with E-state index >= 15 is 0 Å². The molecule has 0 saturated heterocycles. The summed E-state index contributed by atoms with van der Waals surface area (Å²) in [5, 5.41) is 2.88. The standard InChI is InChI=1S/C23H24N2O3S2/c1-17-8-13-22(16-18(17)2)30(27,28)25-20-11-9-19(10-12-20)23(26)24-14-15-29-21-6-4-3-5-7-21/h3-13,16,25H,14-15H2,1-2H3,(H,24,26). The highest BCUT2D eigenvalue weighted by Crippen LogP contribution is 2.19. The van der Waals surface area contributed by atoms with Gasteiger partial charge in [0.2, 0.25) is 0 Å². The highest BCUT2D eigenvalue weighted by atomic mass is 32.2. The van der Waals surface area contributed by atoms with E-state index in [-0.39, 0.29) is 10.8 Å². The van der Waals surface area contributed by atoms with Crippen molar-refractivity contribution in [3.05, 3.63) is 89.5 Å². The molecular weight excluding hydrogens is 416 g/mol. The van der Waals surface area contributed by atoms with Crippen molar-refractivity contribution in [3.63, 3.8) is 0 Å². The third-order valence-electron chi connectivity index (χ3n) is 4.59. The second kappa shape index (κ2) is 9.82. The van der Waals surface area contributed by atoms with E-state index in [9.17, 15) is 13.2 Å². The fourth-order valence-electron chi connectivity index (χ4n) is 2.74. The maximum Gasteiger partial charge on any atom is 0.261 e. The lowest BCUT2D eigenvalue weighted by atomic mass is 10.1. The Balaban J connectivity index is 1.54.